The second-order valence-electron chi connectivity index (χ2n) is 4.95. The highest BCUT2D eigenvalue weighted by Gasteiger charge is 2.25. The van der Waals surface area contributed by atoms with Gasteiger partial charge in [-0.15, -0.1) is 0 Å². The molecule has 104 valence electrons. The highest BCUT2D eigenvalue weighted by Crippen LogP contribution is 2.10. The second-order valence-corrected chi connectivity index (χ2v) is 6.85. The van der Waals surface area contributed by atoms with Crippen LogP contribution in [0, 0.1) is 11.3 Å². The van der Waals surface area contributed by atoms with Crippen molar-refractivity contribution < 1.29 is 8.42 Å². The normalized spacial score (nSPS) is 21.2. The lowest BCUT2D eigenvalue weighted by atomic mass is 10.1. The van der Waals surface area contributed by atoms with Crippen LogP contribution in [0.15, 0.2) is 0 Å². The van der Waals surface area contributed by atoms with Crippen LogP contribution < -0.4 is 4.72 Å². The van der Waals surface area contributed by atoms with Crippen LogP contribution >= 0.6 is 0 Å². The van der Waals surface area contributed by atoms with Gasteiger partial charge in [0.1, 0.15) is 0 Å². The van der Waals surface area contributed by atoms with Gasteiger partial charge >= 0.3 is 0 Å². The number of likely N-dealkylation sites (tertiary alicyclic amines) is 1. The van der Waals surface area contributed by atoms with E-state index in [1.54, 1.807) is 6.92 Å². The van der Waals surface area contributed by atoms with Gasteiger partial charge in [0.2, 0.25) is 10.0 Å². The van der Waals surface area contributed by atoms with E-state index in [0.717, 1.165) is 19.6 Å². The molecule has 1 aliphatic heterocycles. The maximum Gasteiger partial charge on any atom is 0.228 e. The fourth-order valence-electron chi connectivity index (χ4n) is 2.31. The molecule has 2 unspecified atom stereocenters. The molecular weight excluding hydrogens is 250 g/mol. The van der Waals surface area contributed by atoms with Crippen LogP contribution in [0.3, 0.4) is 0 Å². The van der Waals surface area contributed by atoms with Crippen molar-refractivity contribution in [3.8, 4) is 6.07 Å². The van der Waals surface area contributed by atoms with Gasteiger partial charge in [-0.1, -0.05) is 13.3 Å². The van der Waals surface area contributed by atoms with E-state index in [1.807, 2.05) is 13.0 Å². The zero-order chi connectivity index (χ0) is 13.6. The fraction of sp³-hybridized carbons (Fsp3) is 0.917. The van der Waals surface area contributed by atoms with Crippen molar-refractivity contribution in [2.75, 3.05) is 19.6 Å². The lowest BCUT2D eigenvalue weighted by Gasteiger charge is -2.29. The summed E-state index contributed by atoms with van der Waals surface area (Å²) in [5, 5.41) is 7.87. The third-order valence-corrected chi connectivity index (χ3v) is 5.15. The van der Waals surface area contributed by atoms with Gasteiger partial charge in [-0.25, -0.2) is 13.1 Å². The Morgan fingerprint density at radius 2 is 1.94 bits per heavy atom. The summed E-state index contributed by atoms with van der Waals surface area (Å²) in [6.07, 6.45) is 3.97. The Hall–Kier alpha value is -0.640. The molecule has 6 heteroatoms. The van der Waals surface area contributed by atoms with E-state index in [-0.39, 0.29) is 6.04 Å². The van der Waals surface area contributed by atoms with Gasteiger partial charge in [0.25, 0.3) is 0 Å². The van der Waals surface area contributed by atoms with Crippen molar-refractivity contribution in [2.45, 2.75) is 50.8 Å². The number of nitriles is 1. The number of piperidine rings is 1. The first kappa shape index (κ1) is 15.4. The summed E-state index contributed by atoms with van der Waals surface area (Å²) in [6, 6.07) is 1.69. The minimum absolute atomic E-state index is 0.143. The van der Waals surface area contributed by atoms with Crippen molar-refractivity contribution >= 4 is 10.0 Å². The Morgan fingerprint density at radius 1 is 1.33 bits per heavy atom. The van der Waals surface area contributed by atoms with Crippen LogP contribution in [0.25, 0.3) is 0 Å². The van der Waals surface area contributed by atoms with Crippen LogP contribution in [0.1, 0.15) is 39.5 Å². The maximum absolute atomic E-state index is 11.9. The largest absolute Gasteiger partial charge is 0.302 e. The Morgan fingerprint density at radius 3 is 2.44 bits per heavy atom. The van der Waals surface area contributed by atoms with Gasteiger partial charge in [-0.3, -0.25) is 0 Å². The van der Waals surface area contributed by atoms with Crippen molar-refractivity contribution in [3.05, 3.63) is 0 Å². The van der Waals surface area contributed by atoms with Crippen LogP contribution in [-0.2, 0) is 10.0 Å². The molecule has 0 saturated carbocycles. The molecule has 1 aliphatic rings. The van der Waals surface area contributed by atoms with Crippen molar-refractivity contribution in [1.29, 1.82) is 5.26 Å². The molecule has 18 heavy (non-hydrogen) atoms. The molecule has 2 atom stereocenters. The monoisotopic (exact) mass is 273 g/mol. The SMILES string of the molecule is CCC(C#N)S(=O)(=O)NC(C)CN1CCCCC1. The third-order valence-electron chi connectivity index (χ3n) is 3.24. The maximum atomic E-state index is 11.9. The quantitative estimate of drug-likeness (QED) is 0.786. The minimum atomic E-state index is -3.51. The predicted octanol–water partition coefficient (Wildman–Crippen LogP) is 1.08. The van der Waals surface area contributed by atoms with E-state index in [1.165, 1.54) is 19.3 Å². The first-order chi connectivity index (χ1) is 8.49. The Bertz CT molecular complexity index is 383. The molecule has 0 spiro atoms. The van der Waals surface area contributed by atoms with E-state index >= 15 is 0 Å². The molecule has 1 heterocycles. The number of rotatable bonds is 6. The molecule has 1 rings (SSSR count). The first-order valence-corrected chi connectivity index (χ1v) is 8.17. The van der Waals surface area contributed by atoms with Gasteiger partial charge in [0.15, 0.2) is 5.25 Å². The molecule has 0 aliphatic carbocycles. The summed E-state index contributed by atoms with van der Waals surface area (Å²) < 4.78 is 26.4. The zero-order valence-electron chi connectivity index (χ0n) is 11.2. The standard InChI is InChI=1S/C12H23N3O2S/c1-3-12(9-13)18(16,17)14-11(2)10-15-7-5-4-6-8-15/h11-12,14H,3-8,10H2,1-2H3. The topological polar surface area (TPSA) is 73.2 Å². The van der Waals surface area contributed by atoms with Gasteiger partial charge in [-0.2, -0.15) is 5.26 Å². The van der Waals surface area contributed by atoms with E-state index in [9.17, 15) is 8.42 Å². The number of sulfonamides is 1. The minimum Gasteiger partial charge on any atom is -0.302 e. The van der Waals surface area contributed by atoms with Crippen molar-refractivity contribution in [1.82, 2.24) is 9.62 Å². The predicted molar refractivity (Wildman–Crippen MR) is 71.5 cm³/mol. The van der Waals surface area contributed by atoms with Crippen LogP contribution in [0.2, 0.25) is 0 Å². The fourth-order valence-corrected chi connectivity index (χ4v) is 3.69. The summed E-state index contributed by atoms with van der Waals surface area (Å²) in [7, 11) is -3.51. The average molecular weight is 273 g/mol. The smallest absolute Gasteiger partial charge is 0.228 e. The molecule has 0 bridgehead atoms. The molecule has 1 fully saturated rings. The van der Waals surface area contributed by atoms with E-state index in [0.29, 0.717) is 6.42 Å². The number of nitrogens with zero attached hydrogens (tertiary/aromatic N) is 2. The molecule has 0 aromatic heterocycles. The average Bonchev–Trinajstić information content (AvgIpc) is 2.30. The van der Waals surface area contributed by atoms with Crippen molar-refractivity contribution in [2.24, 2.45) is 0 Å². The van der Waals surface area contributed by atoms with Crippen LogP contribution in [0.4, 0.5) is 0 Å². The first-order valence-electron chi connectivity index (χ1n) is 6.62. The Balaban J connectivity index is 2.48. The van der Waals surface area contributed by atoms with E-state index in [2.05, 4.69) is 9.62 Å². The molecular formula is C12H23N3O2S. The second kappa shape index (κ2) is 7.07. The lowest BCUT2D eigenvalue weighted by molar-refractivity contribution is 0.215. The van der Waals surface area contributed by atoms with Gasteiger partial charge in [-0.05, 0) is 39.3 Å². The van der Waals surface area contributed by atoms with Crippen molar-refractivity contribution in [3.63, 3.8) is 0 Å². The molecule has 1 N–H and O–H groups in total. The molecule has 0 aromatic rings. The van der Waals surface area contributed by atoms with E-state index < -0.39 is 15.3 Å². The van der Waals surface area contributed by atoms with Gasteiger partial charge in [0, 0.05) is 12.6 Å². The van der Waals surface area contributed by atoms with Crippen LogP contribution in [-0.4, -0.2) is 44.2 Å². The molecule has 0 aromatic carbocycles. The number of hydrogen-bond acceptors (Lipinski definition) is 4. The third kappa shape index (κ3) is 4.56. The summed E-state index contributed by atoms with van der Waals surface area (Å²) >= 11 is 0. The summed E-state index contributed by atoms with van der Waals surface area (Å²) in [6.45, 7) is 6.38. The molecule has 0 amide bonds. The molecule has 1 saturated heterocycles. The Labute approximate surface area is 110 Å². The summed E-state index contributed by atoms with van der Waals surface area (Å²) in [5.74, 6) is 0. The van der Waals surface area contributed by atoms with Crippen LogP contribution in [0.5, 0.6) is 0 Å². The number of hydrogen-bond donors (Lipinski definition) is 1. The zero-order valence-corrected chi connectivity index (χ0v) is 12.0. The molecule has 5 nitrogen and oxygen atoms in total. The number of nitrogens with one attached hydrogen (secondary N) is 1. The molecule has 0 radical (unpaired) electrons. The van der Waals surface area contributed by atoms with E-state index in [4.69, 9.17) is 5.26 Å². The highest BCUT2D eigenvalue weighted by atomic mass is 32.2. The Kier molecular flexibility index (Phi) is 6.06. The summed E-state index contributed by atoms with van der Waals surface area (Å²) in [5.41, 5.74) is 0. The highest BCUT2D eigenvalue weighted by molar-refractivity contribution is 7.90. The van der Waals surface area contributed by atoms with Gasteiger partial charge in [0.05, 0.1) is 6.07 Å². The van der Waals surface area contributed by atoms with Gasteiger partial charge < -0.3 is 4.90 Å². The summed E-state index contributed by atoms with van der Waals surface area (Å²) in [4.78, 5) is 2.28. The lowest BCUT2D eigenvalue weighted by Crippen LogP contribution is -2.46.